The largest absolute Gasteiger partial charge is 0.459 e. The highest BCUT2D eigenvalue weighted by molar-refractivity contribution is 6.01. The van der Waals surface area contributed by atoms with E-state index in [0.29, 0.717) is 19.4 Å². The highest BCUT2D eigenvalue weighted by Gasteiger charge is 2.37. The number of carbonyl (C=O) groups is 3. The first-order chi connectivity index (χ1) is 17.3. The van der Waals surface area contributed by atoms with E-state index in [9.17, 15) is 24.0 Å². The number of anilines is 1. The zero-order chi connectivity index (χ0) is 25.8. The summed E-state index contributed by atoms with van der Waals surface area (Å²) < 4.78 is 12.4. The lowest BCUT2D eigenvalue weighted by Gasteiger charge is -2.22. The molecule has 2 aromatic heterocycles. The summed E-state index contributed by atoms with van der Waals surface area (Å²) in [5.74, 6) is -2.26. The molecule has 0 aliphatic carbocycles. The number of benzene rings is 1. The maximum absolute atomic E-state index is 13.0. The minimum Gasteiger partial charge on any atom is -0.459 e. The highest BCUT2D eigenvalue weighted by Crippen LogP contribution is 2.22. The third kappa shape index (κ3) is 4.72. The van der Waals surface area contributed by atoms with Crippen LogP contribution in [0.3, 0.4) is 0 Å². The van der Waals surface area contributed by atoms with E-state index in [1.54, 1.807) is 37.3 Å². The van der Waals surface area contributed by atoms with Crippen molar-refractivity contribution >= 4 is 23.5 Å². The number of nitrogens with zero attached hydrogens (tertiary/aromatic N) is 3. The van der Waals surface area contributed by atoms with Gasteiger partial charge in [-0.2, -0.15) is 0 Å². The van der Waals surface area contributed by atoms with Crippen molar-refractivity contribution in [3.8, 4) is 0 Å². The molecule has 4 rings (SSSR count). The van der Waals surface area contributed by atoms with E-state index in [-0.39, 0.29) is 24.7 Å². The topological polar surface area (TPSA) is 147 Å². The Balaban J connectivity index is 1.54. The fourth-order valence-corrected chi connectivity index (χ4v) is 4.28. The summed E-state index contributed by atoms with van der Waals surface area (Å²) in [7, 11) is 0. The van der Waals surface area contributed by atoms with Crippen LogP contribution in [-0.2, 0) is 22.6 Å². The van der Waals surface area contributed by atoms with Gasteiger partial charge in [-0.1, -0.05) is 30.3 Å². The Morgan fingerprint density at radius 3 is 2.50 bits per heavy atom. The van der Waals surface area contributed by atoms with Crippen LogP contribution in [-0.4, -0.2) is 50.9 Å². The summed E-state index contributed by atoms with van der Waals surface area (Å²) in [5, 5.41) is 0. The first-order valence-electron chi connectivity index (χ1n) is 11.5. The lowest BCUT2D eigenvalue weighted by molar-refractivity contribution is -0.147. The number of rotatable bonds is 8. The number of hydrogen-bond donors (Lipinski definition) is 1. The number of ether oxygens (including phenoxy) is 1. The molecule has 0 radical (unpaired) electrons. The second kappa shape index (κ2) is 10.5. The van der Waals surface area contributed by atoms with E-state index in [4.69, 9.17) is 14.9 Å². The van der Waals surface area contributed by atoms with Crippen LogP contribution in [0.15, 0.2) is 62.7 Å². The average Bonchev–Trinajstić information content (AvgIpc) is 3.58. The Morgan fingerprint density at radius 1 is 1.08 bits per heavy atom. The SMILES string of the molecule is CCn1c(=O)c(C(=O)COC(=O)C2CCCN2C(=O)c2ccco2)c(N)n(Cc2ccccc2)c1=O. The van der Waals surface area contributed by atoms with Crippen molar-refractivity contribution in [3.63, 3.8) is 0 Å². The highest BCUT2D eigenvalue weighted by atomic mass is 16.5. The number of carbonyl (C=O) groups excluding carboxylic acids is 3. The summed E-state index contributed by atoms with van der Waals surface area (Å²) in [6.07, 6.45) is 2.31. The molecule has 11 heteroatoms. The van der Waals surface area contributed by atoms with Gasteiger partial charge in [0.25, 0.3) is 11.5 Å². The molecule has 11 nitrogen and oxygen atoms in total. The molecule has 0 spiro atoms. The lowest BCUT2D eigenvalue weighted by Crippen LogP contribution is -2.45. The molecule has 0 saturated carbocycles. The summed E-state index contributed by atoms with van der Waals surface area (Å²) in [5.41, 5.74) is 4.97. The fraction of sp³-hybridized carbons (Fsp3) is 0.320. The van der Waals surface area contributed by atoms with Crippen molar-refractivity contribution in [2.45, 2.75) is 38.9 Å². The molecule has 1 atom stereocenters. The molecule has 1 fully saturated rings. The van der Waals surface area contributed by atoms with Gasteiger partial charge >= 0.3 is 11.7 Å². The normalized spacial score (nSPS) is 15.1. The molecule has 3 heterocycles. The van der Waals surface area contributed by atoms with Crippen molar-refractivity contribution in [2.75, 3.05) is 18.9 Å². The van der Waals surface area contributed by atoms with E-state index in [2.05, 4.69) is 0 Å². The number of hydrogen-bond acceptors (Lipinski definition) is 8. The molecule has 2 N–H and O–H groups in total. The molecular weight excluding hydrogens is 468 g/mol. The molecule has 1 saturated heterocycles. The number of amides is 1. The molecule has 1 aliphatic rings. The molecule has 0 bridgehead atoms. The quantitative estimate of drug-likeness (QED) is 0.364. The molecule has 1 unspecified atom stereocenters. The number of esters is 1. The summed E-state index contributed by atoms with van der Waals surface area (Å²) in [6.45, 7) is 1.26. The van der Waals surface area contributed by atoms with E-state index >= 15 is 0 Å². The third-order valence-corrected chi connectivity index (χ3v) is 6.11. The minimum absolute atomic E-state index is 0.0265. The van der Waals surface area contributed by atoms with Crippen LogP contribution < -0.4 is 17.0 Å². The van der Waals surface area contributed by atoms with Crippen molar-refractivity contribution < 1.29 is 23.5 Å². The van der Waals surface area contributed by atoms with Gasteiger partial charge in [-0.15, -0.1) is 0 Å². The number of nitrogen functional groups attached to an aromatic ring is 1. The number of aromatic nitrogens is 2. The van der Waals surface area contributed by atoms with E-state index in [0.717, 1.165) is 14.7 Å². The molecular formula is C25H26N4O7. The van der Waals surface area contributed by atoms with Gasteiger partial charge in [0.2, 0.25) is 5.78 Å². The zero-order valence-corrected chi connectivity index (χ0v) is 19.7. The van der Waals surface area contributed by atoms with Crippen LogP contribution in [0, 0.1) is 0 Å². The Kier molecular flexibility index (Phi) is 7.18. The van der Waals surface area contributed by atoms with E-state index < -0.39 is 47.1 Å². The maximum atomic E-state index is 13.0. The first-order valence-corrected chi connectivity index (χ1v) is 11.5. The van der Waals surface area contributed by atoms with Gasteiger partial charge in [0.15, 0.2) is 12.4 Å². The number of Topliss-reactive ketones (excluding diaryl/α,β-unsaturated/α-hetero) is 1. The predicted octanol–water partition coefficient (Wildman–Crippen LogP) is 1.28. The molecule has 36 heavy (non-hydrogen) atoms. The molecule has 1 amide bonds. The number of furan rings is 1. The smallest absolute Gasteiger partial charge is 0.332 e. The van der Waals surface area contributed by atoms with Crippen LogP contribution >= 0.6 is 0 Å². The van der Waals surface area contributed by atoms with Gasteiger partial charge in [0.1, 0.15) is 17.4 Å². The van der Waals surface area contributed by atoms with Gasteiger partial charge in [-0.3, -0.25) is 23.5 Å². The fourth-order valence-electron chi connectivity index (χ4n) is 4.28. The van der Waals surface area contributed by atoms with Gasteiger partial charge in [0, 0.05) is 13.1 Å². The van der Waals surface area contributed by atoms with E-state index in [1.165, 1.54) is 17.2 Å². The van der Waals surface area contributed by atoms with E-state index in [1.807, 2.05) is 6.07 Å². The Hall–Kier alpha value is -4.41. The van der Waals surface area contributed by atoms with Crippen molar-refractivity contribution in [1.82, 2.24) is 14.0 Å². The van der Waals surface area contributed by atoms with Crippen LogP contribution in [0.25, 0.3) is 0 Å². The average molecular weight is 495 g/mol. The van der Waals surface area contributed by atoms with Crippen molar-refractivity contribution in [3.05, 3.63) is 86.5 Å². The second-order valence-electron chi connectivity index (χ2n) is 8.33. The van der Waals surface area contributed by atoms with Crippen LogP contribution in [0.4, 0.5) is 5.82 Å². The number of likely N-dealkylation sites (tertiary alicyclic amines) is 1. The molecule has 188 valence electrons. The zero-order valence-electron chi connectivity index (χ0n) is 19.7. The van der Waals surface area contributed by atoms with Gasteiger partial charge in [0.05, 0.1) is 12.8 Å². The van der Waals surface area contributed by atoms with Crippen LogP contribution in [0.2, 0.25) is 0 Å². The molecule has 1 aliphatic heterocycles. The summed E-state index contributed by atoms with van der Waals surface area (Å²) >= 11 is 0. The number of ketones is 1. The standard InChI is InChI=1S/C25H26N4O7/c1-2-27-23(32)20(21(26)29(25(27)34)14-16-8-4-3-5-9-16)18(30)15-36-24(33)17-10-6-12-28(17)22(31)19-11-7-13-35-19/h3-5,7-9,11,13,17H,2,6,10,12,14-15,26H2,1H3. The molecule has 1 aromatic carbocycles. The van der Waals surface area contributed by atoms with Crippen LogP contribution in [0.5, 0.6) is 0 Å². The first kappa shape index (κ1) is 24.7. The van der Waals surface area contributed by atoms with Gasteiger partial charge < -0.3 is 19.8 Å². The summed E-state index contributed by atoms with van der Waals surface area (Å²) in [6, 6.07) is 11.2. The van der Waals surface area contributed by atoms with Crippen molar-refractivity contribution in [2.24, 2.45) is 0 Å². The monoisotopic (exact) mass is 494 g/mol. The lowest BCUT2D eigenvalue weighted by atomic mass is 10.1. The van der Waals surface area contributed by atoms with Crippen molar-refractivity contribution in [1.29, 1.82) is 0 Å². The predicted molar refractivity (Wildman–Crippen MR) is 129 cm³/mol. The van der Waals surface area contributed by atoms with Gasteiger partial charge in [-0.25, -0.2) is 9.59 Å². The Morgan fingerprint density at radius 2 is 1.83 bits per heavy atom. The summed E-state index contributed by atoms with van der Waals surface area (Å²) in [4.78, 5) is 65.5. The number of nitrogens with two attached hydrogens (primary N) is 1. The maximum Gasteiger partial charge on any atom is 0.332 e. The molecule has 3 aromatic rings. The van der Waals surface area contributed by atoms with Crippen LogP contribution in [0.1, 0.15) is 46.2 Å². The van der Waals surface area contributed by atoms with Gasteiger partial charge in [-0.05, 0) is 37.5 Å². The Labute approximate surface area is 205 Å². The minimum atomic E-state index is -0.882. The Bertz CT molecular complexity index is 1390. The third-order valence-electron chi connectivity index (χ3n) is 6.11. The second-order valence-corrected chi connectivity index (χ2v) is 8.33.